The summed E-state index contributed by atoms with van der Waals surface area (Å²) >= 11 is 0. The summed E-state index contributed by atoms with van der Waals surface area (Å²) in [4.78, 5) is 22.6. The van der Waals surface area contributed by atoms with Crippen LogP contribution in [0.15, 0.2) is 12.1 Å². The number of nitrogens with one attached hydrogen (secondary N) is 2. The van der Waals surface area contributed by atoms with E-state index < -0.39 is 0 Å². The number of carbonyl (C=O) groups is 2. The van der Waals surface area contributed by atoms with Gasteiger partial charge in [0.25, 0.3) is 0 Å². The van der Waals surface area contributed by atoms with Gasteiger partial charge in [0.15, 0.2) is 0 Å². The zero-order valence-corrected chi connectivity index (χ0v) is 11.5. The molecule has 1 aliphatic rings. The molecule has 6 heteroatoms. The monoisotopic (exact) mass is 277 g/mol. The molecule has 0 saturated heterocycles. The van der Waals surface area contributed by atoms with Crippen molar-refractivity contribution in [2.75, 3.05) is 29.5 Å². The van der Waals surface area contributed by atoms with Gasteiger partial charge >= 0.3 is 5.97 Å². The first kappa shape index (κ1) is 14.2. The zero-order valence-electron chi connectivity index (χ0n) is 11.5. The van der Waals surface area contributed by atoms with Gasteiger partial charge in [0.1, 0.15) is 0 Å². The molecule has 0 aromatic heterocycles. The number of nitrogen functional groups attached to an aromatic ring is 1. The summed E-state index contributed by atoms with van der Waals surface area (Å²) in [6.07, 6.45) is 1.47. The lowest BCUT2D eigenvalue weighted by molar-refractivity contribution is -0.142. The van der Waals surface area contributed by atoms with Crippen LogP contribution in [0, 0.1) is 0 Å². The van der Waals surface area contributed by atoms with Gasteiger partial charge in [0.2, 0.25) is 5.91 Å². The van der Waals surface area contributed by atoms with Gasteiger partial charge in [0, 0.05) is 18.7 Å². The third-order valence-electron chi connectivity index (χ3n) is 3.12. The van der Waals surface area contributed by atoms with Gasteiger partial charge in [-0.1, -0.05) is 0 Å². The van der Waals surface area contributed by atoms with E-state index in [9.17, 15) is 9.59 Å². The number of hydrogen-bond acceptors (Lipinski definition) is 5. The fraction of sp³-hybridized carbons (Fsp3) is 0.429. The van der Waals surface area contributed by atoms with Crippen molar-refractivity contribution < 1.29 is 14.3 Å². The number of ether oxygens (including phenoxy) is 1. The minimum absolute atomic E-state index is 0.0137. The molecule has 0 fully saturated rings. The fourth-order valence-electron chi connectivity index (χ4n) is 2.13. The van der Waals surface area contributed by atoms with Crippen LogP contribution in [0.2, 0.25) is 0 Å². The second-order valence-electron chi connectivity index (χ2n) is 4.63. The molecule has 20 heavy (non-hydrogen) atoms. The Bertz CT molecular complexity index is 529. The van der Waals surface area contributed by atoms with E-state index in [-0.39, 0.29) is 18.3 Å². The fourth-order valence-corrected chi connectivity index (χ4v) is 2.13. The molecular weight excluding hydrogens is 258 g/mol. The molecule has 1 aromatic carbocycles. The van der Waals surface area contributed by atoms with E-state index in [1.54, 1.807) is 6.92 Å². The number of aryl methyl sites for hydroxylation is 1. The second-order valence-corrected chi connectivity index (χ2v) is 4.63. The third kappa shape index (κ3) is 3.40. The van der Waals surface area contributed by atoms with Crippen LogP contribution in [0.25, 0.3) is 0 Å². The summed E-state index contributed by atoms with van der Waals surface area (Å²) in [6.45, 7) is 2.59. The van der Waals surface area contributed by atoms with E-state index in [1.165, 1.54) is 0 Å². The molecule has 1 aromatic rings. The SMILES string of the molecule is CCOC(=O)CCNc1cc2c(cc1N)CCC(=O)N2. The van der Waals surface area contributed by atoms with Crippen LogP contribution in [-0.2, 0) is 20.7 Å². The van der Waals surface area contributed by atoms with Gasteiger partial charge in [-0.25, -0.2) is 0 Å². The number of rotatable bonds is 5. The first-order valence-electron chi connectivity index (χ1n) is 6.72. The van der Waals surface area contributed by atoms with Gasteiger partial charge in [0.05, 0.1) is 24.4 Å². The molecule has 0 aliphatic carbocycles. The Morgan fingerprint density at radius 1 is 1.45 bits per heavy atom. The van der Waals surface area contributed by atoms with Crippen molar-refractivity contribution in [2.45, 2.75) is 26.2 Å². The van der Waals surface area contributed by atoms with Gasteiger partial charge in [-0.2, -0.15) is 0 Å². The highest BCUT2D eigenvalue weighted by Crippen LogP contribution is 2.30. The second kappa shape index (κ2) is 6.27. The molecule has 0 unspecified atom stereocenters. The molecule has 0 bridgehead atoms. The van der Waals surface area contributed by atoms with Crippen molar-refractivity contribution in [2.24, 2.45) is 0 Å². The van der Waals surface area contributed by atoms with E-state index in [4.69, 9.17) is 10.5 Å². The number of fused-ring (bicyclic) bond motifs is 1. The van der Waals surface area contributed by atoms with E-state index >= 15 is 0 Å². The van der Waals surface area contributed by atoms with Crippen LogP contribution in [0.5, 0.6) is 0 Å². The van der Waals surface area contributed by atoms with Crippen molar-refractivity contribution in [1.82, 2.24) is 0 Å². The van der Waals surface area contributed by atoms with Gasteiger partial charge in [-0.15, -0.1) is 0 Å². The lowest BCUT2D eigenvalue weighted by Gasteiger charge is -2.19. The minimum atomic E-state index is -0.246. The van der Waals surface area contributed by atoms with Gasteiger partial charge in [-0.05, 0) is 31.0 Å². The number of carbonyl (C=O) groups excluding carboxylic acids is 2. The molecule has 1 amide bonds. The molecule has 0 spiro atoms. The molecule has 1 aliphatic heterocycles. The first-order chi connectivity index (χ1) is 9.60. The quantitative estimate of drug-likeness (QED) is 0.560. The highest BCUT2D eigenvalue weighted by atomic mass is 16.5. The molecule has 2 rings (SSSR count). The summed E-state index contributed by atoms with van der Waals surface area (Å²) in [5, 5.41) is 5.91. The average molecular weight is 277 g/mol. The molecule has 1 heterocycles. The van der Waals surface area contributed by atoms with Crippen LogP contribution < -0.4 is 16.4 Å². The Hall–Kier alpha value is -2.24. The number of esters is 1. The van der Waals surface area contributed by atoms with Crippen LogP contribution >= 0.6 is 0 Å². The average Bonchev–Trinajstić information content (AvgIpc) is 2.40. The molecule has 0 atom stereocenters. The molecule has 108 valence electrons. The largest absolute Gasteiger partial charge is 0.466 e. The maximum atomic E-state index is 11.4. The zero-order chi connectivity index (χ0) is 14.5. The predicted octanol–water partition coefficient (Wildman–Crippen LogP) is 1.52. The van der Waals surface area contributed by atoms with Crippen molar-refractivity contribution in [1.29, 1.82) is 0 Å². The Morgan fingerprint density at radius 2 is 2.25 bits per heavy atom. The smallest absolute Gasteiger partial charge is 0.307 e. The Labute approximate surface area is 117 Å². The Kier molecular flexibility index (Phi) is 4.45. The number of amides is 1. The molecule has 0 saturated carbocycles. The van der Waals surface area contributed by atoms with Crippen LogP contribution in [0.4, 0.5) is 17.1 Å². The summed E-state index contributed by atoms with van der Waals surface area (Å²) in [6, 6.07) is 3.67. The topological polar surface area (TPSA) is 93.4 Å². The maximum Gasteiger partial charge on any atom is 0.307 e. The van der Waals surface area contributed by atoms with Gasteiger partial charge < -0.3 is 21.1 Å². The van der Waals surface area contributed by atoms with Crippen LogP contribution in [0.1, 0.15) is 25.3 Å². The lowest BCUT2D eigenvalue weighted by atomic mass is 10.0. The Morgan fingerprint density at radius 3 is 3.00 bits per heavy atom. The standard InChI is InChI=1S/C14H19N3O3/c1-2-20-14(19)5-6-16-12-8-11-9(7-10(12)15)3-4-13(18)17-11/h7-8,16H,2-6,15H2,1H3,(H,17,18). The van der Waals surface area contributed by atoms with E-state index in [2.05, 4.69) is 10.6 Å². The van der Waals surface area contributed by atoms with Crippen molar-refractivity contribution in [3.8, 4) is 0 Å². The first-order valence-corrected chi connectivity index (χ1v) is 6.72. The summed E-state index contributed by atoms with van der Waals surface area (Å²) in [7, 11) is 0. The lowest BCUT2D eigenvalue weighted by Crippen LogP contribution is -2.20. The Balaban J connectivity index is 2.00. The number of nitrogens with two attached hydrogens (primary N) is 1. The number of hydrogen-bond donors (Lipinski definition) is 3. The molecule has 4 N–H and O–H groups in total. The van der Waals surface area contributed by atoms with Gasteiger partial charge in [-0.3, -0.25) is 9.59 Å². The summed E-state index contributed by atoms with van der Waals surface area (Å²) < 4.78 is 4.85. The highest BCUT2D eigenvalue weighted by Gasteiger charge is 2.16. The molecular formula is C14H19N3O3. The molecule has 0 radical (unpaired) electrons. The van der Waals surface area contributed by atoms with E-state index in [1.807, 2.05) is 12.1 Å². The summed E-state index contributed by atoms with van der Waals surface area (Å²) in [5.41, 5.74) is 9.12. The third-order valence-corrected chi connectivity index (χ3v) is 3.12. The van der Waals surface area contributed by atoms with E-state index in [0.29, 0.717) is 31.7 Å². The van der Waals surface area contributed by atoms with Crippen molar-refractivity contribution in [3.63, 3.8) is 0 Å². The normalized spacial score (nSPS) is 13.3. The predicted molar refractivity (Wildman–Crippen MR) is 77.5 cm³/mol. The maximum absolute atomic E-state index is 11.4. The number of anilines is 3. The van der Waals surface area contributed by atoms with Crippen LogP contribution in [0.3, 0.4) is 0 Å². The highest BCUT2D eigenvalue weighted by molar-refractivity contribution is 5.95. The van der Waals surface area contributed by atoms with Crippen LogP contribution in [-0.4, -0.2) is 25.0 Å². The van der Waals surface area contributed by atoms with E-state index in [0.717, 1.165) is 16.9 Å². The summed E-state index contributed by atoms with van der Waals surface area (Å²) in [5.74, 6) is -0.232. The van der Waals surface area contributed by atoms with Crippen molar-refractivity contribution in [3.05, 3.63) is 17.7 Å². The molecule has 6 nitrogen and oxygen atoms in total. The van der Waals surface area contributed by atoms with Crippen molar-refractivity contribution >= 4 is 28.9 Å². The number of benzene rings is 1. The minimum Gasteiger partial charge on any atom is -0.466 e.